The number of carbonyl (C=O) groups excluding carboxylic acids is 1. The van der Waals surface area contributed by atoms with E-state index in [1.807, 2.05) is 6.92 Å². The van der Waals surface area contributed by atoms with Crippen LogP contribution in [0.4, 0.5) is 0 Å². The summed E-state index contributed by atoms with van der Waals surface area (Å²) >= 11 is 0. The fourth-order valence-corrected chi connectivity index (χ4v) is 7.80. The van der Waals surface area contributed by atoms with Gasteiger partial charge in [-0.2, -0.15) is 0 Å². The summed E-state index contributed by atoms with van der Waals surface area (Å²) in [5.41, 5.74) is 0.553. The highest BCUT2D eigenvalue weighted by molar-refractivity contribution is 5.76. The zero-order chi connectivity index (χ0) is 16.6. The van der Waals surface area contributed by atoms with E-state index in [0.29, 0.717) is 18.3 Å². The van der Waals surface area contributed by atoms with Gasteiger partial charge in [0.1, 0.15) is 6.29 Å². The predicted octanol–water partition coefficient (Wildman–Crippen LogP) is 4.08. The highest BCUT2D eigenvalue weighted by Crippen LogP contribution is 2.77. The number of hydrogen-bond donors (Lipinski definition) is 1. The molecule has 0 saturated heterocycles. The second-order valence-corrected chi connectivity index (χ2v) is 9.32. The third kappa shape index (κ3) is 1.62. The Morgan fingerprint density at radius 1 is 1.30 bits per heavy atom. The van der Waals surface area contributed by atoms with Crippen LogP contribution in [0.5, 0.6) is 0 Å². The molecule has 1 N–H and O–H groups in total. The van der Waals surface area contributed by atoms with Gasteiger partial charge in [0.05, 0.1) is 5.41 Å². The molecule has 4 fully saturated rings. The molecule has 4 rings (SSSR count). The second kappa shape index (κ2) is 4.49. The number of aliphatic carboxylic acids is 1. The Bertz CT molecular complexity index is 596. The lowest BCUT2D eigenvalue weighted by atomic mass is 9.53. The van der Waals surface area contributed by atoms with Crippen molar-refractivity contribution in [3.05, 3.63) is 12.2 Å². The number of carboxylic acid groups (broad SMARTS) is 1. The van der Waals surface area contributed by atoms with Crippen LogP contribution >= 0.6 is 0 Å². The van der Waals surface area contributed by atoms with Crippen LogP contribution in [-0.4, -0.2) is 17.4 Å². The number of fused-ring (bicyclic) bond motifs is 3. The van der Waals surface area contributed by atoms with Crippen molar-refractivity contribution in [3.63, 3.8) is 0 Å². The van der Waals surface area contributed by atoms with E-state index in [2.05, 4.69) is 13.5 Å². The van der Waals surface area contributed by atoms with Gasteiger partial charge in [-0.3, -0.25) is 4.79 Å². The lowest BCUT2D eigenvalue weighted by Gasteiger charge is -2.50. The molecule has 2 bridgehead atoms. The SMILES string of the molecule is C=C1CC23CC1CC[C@H]2[C@]1(C)CCC[C@@](C)(C(=O)O)C1[C@@H]3C=O. The van der Waals surface area contributed by atoms with E-state index in [0.717, 1.165) is 38.4 Å². The van der Waals surface area contributed by atoms with E-state index >= 15 is 0 Å². The average Bonchev–Trinajstić information content (AvgIpc) is 2.87. The van der Waals surface area contributed by atoms with Crippen molar-refractivity contribution in [2.75, 3.05) is 0 Å². The molecule has 23 heavy (non-hydrogen) atoms. The van der Waals surface area contributed by atoms with Crippen LogP contribution in [0.3, 0.4) is 0 Å². The Morgan fingerprint density at radius 2 is 2.04 bits per heavy atom. The van der Waals surface area contributed by atoms with Crippen molar-refractivity contribution in [3.8, 4) is 0 Å². The lowest BCUT2D eigenvalue weighted by Crippen LogP contribution is -2.49. The molecule has 7 atom stereocenters. The molecule has 3 heteroatoms. The first-order valence-electron chi connectivity index (χ1n) is 9.16. The minimum absolute atomic E-state index is 0.00220. The molecule has 0 heterocycles. The van der Waals surface area contributed by atoms with Crippen molar-refractivity contribution in [2.45, 2.75) is 58.8 Å². The van der Waals surface area contributed by atoms with E-state index in [-0.39, 0.29) is 22.7 Å². The number of rotatable bonds is 2. The molecule has 0 aromatic carbocycles. The molecule has 0 aromatic heterocycles. The Labute approximate surface area is 138 Å². The quantitative estimate of drug-likeness (QED) is 0.617. The highest BCUT2D eigenvalue weighted by atomic mass is 16.4. The van der Waals surface area contributed by atoms with Crippen LogP contribution in [0.2, 0.25) is 0 Å². The summed E-state index contributed by atoms with van der Waals surface area (Å²) in [4.78, 5) is 24.4. The maximum atomic E-state index is 12.2. The first-order chi connectivity index (χ1) is 10.8. The summed E-state index contributed by atoms with van der Waals surface area (Å²) in [5.74, 6) is 0.219. The fourth-order valence-electron chi connectivity index (χ4n) is 7.80. The summed E-state index contributed by atoms with van der Waals surface area (Å²) in [6, 6.07) is 0. The minimum atomic E-state index is -0.760. The molecular weight excluding hydrogens is 288 g/mol. The Balaban J connectivity index is 1.90. The summed E-state index contributed by atoms with van der Waals surface area (Å²) in [5, 5.41) is 9.99. The first kappa shape index (κ1) is 15.4. The van der Waals surface area contributed by atoms with Crippen LogP contribution in [0, 0.1) is 39.9 Å². The molecule has 1 spiro atoms. The molecule has 126 valence electrons. The molecular formula is C20H28O3. The van der Waals surface area contributed by atoms with E-state index in [4.69, 9.17) is 0 Å². The maximum absolute atomic E-state index is 12.2. The van der Waals surface area contributed by atoms with Gasteiger partial charge in [0.15, 0.2) is 0 Å². The third-order valence-electron chi connectivity index (χ3n) is 8.52. The number of carboxylic acids is 1. The highest BCUT2D eigenvalue weighted by Gasteiger charge is 2.73. The molecule has 0 radical (unpaired) electrons. The van der Waals surface area contributed by atoms with E-state index in [9.17, 15) is 14.7 Å². The van der Waals surface area contributed by atoms with Crippen molar-refractivity contribution in [2.24, 2.45) is 39.9 Å². The summed E-state index contributed by atoms with van der Waals surface area (Å²) in [7, 11) is 0. The van der Waals surface area contributed by atoms with Crippen LogP contribution < -0.4 is 0 Å². The molecule has 4 saturated carbocycles. The topological polar surface area (TPSA) is 54.4 Å². The van der Waals surface area contributed by atoms with Gasteiger partial charge in [-0.25, -0.2) is 0 Å². The van der Waals surface area contributed by atoms with Gasteiger partial charge in [-0.1, -0.05) is 25.5 Å². The fraction of sp³-hybridized carbons (Fsp3) is 0.800. The van der Waals surface area contributed by atoms with Gasteiger partial charge >= 0.3 is 5.97 Å². The Hall–Kier alpha value is -1.12. The number of hydrogen-bond acceptors (Lipinski definition) is 2. The lowest BCUT2D eigenvalue weighted by molar-refractivity contribution is -0.161. The van der Waals surface area contributed by atoms with Crippen molar-refractivity contribution < 1.29 is 14.7 Å². The zero-order valence-electron chi connectivity index (χ0n) is 14.3. The van der Waals surface area contributed by atoms with Gasteiger partial charge in [0, 0.05) is 5.92 Å². The molecule has 4 aliphatic carbocycles. The second-order valence-electron chi connectivity index (χ2n) is 9.32. The van der Waals surface area contributed by atoms with Crippen LogP contribution in [0.15, 0.2) is 12.2 Å². The Morgan fingerprint density at radius 3 is 2.70 bits per heavy atom. The average molecular weight is 316 g/mol. The monoisotopic (exact) mass is 316 g/mol. The van der Waals surface area contributed by atoms with Gasteiger partial charge in [-0.05, 0) is 74.0 Å². The summed E-state index contributed by atoms with van der Waals surface area (Å²) < 4.78 is 0. The number of allylic oxidation sites excluding steroid dienone is 1. The van der Waals surface area contributed by atoms with Gasteiger partial charge in [0.25, 0.3) is 0 Å². The zero-order valence-corrected chi connectivity index (χ0v) is 14.3. The van der Waals surface area contributed by atoms with Gasteiger partial charge < -0.3 is 9.90 Å². The third-order valence-corrected chi connectivity index (χ3v) is 8.52. The van der Waals surface area contributed by atoms with Crippen LogP contribution in [0.1, 0.15) is 58.8 Å². The number of carbonyl (C=O) groups is 2. The van der Waals surface area contributed by atoms with Crippen molar-refractivity contribution >= 4 is 12.3 Å². The summed E-state index contributed by atoms with van der Waals surface area (Å²) in [6.07, 6.45) is 8.25. The largest absolute Gasteiger partial charge is 0.481 e. The molecule has 0 aromatic rings. The first-order valence-corrected chi connectivity index (χ1v) is 9.16. The van der Waals surface area contributed by atoms with Gasteiger partial charge in [-0.15, -0.1) is 0 Å². The molecule has 3 nitrogen and oxygen atoms in total. The van der Waals surface area contributed by atoms with E-state index in [1.54, 1.807) is 0 Å². The molecule has 0 aliphatic heterocycles. The van der Waals surface area contributed by atoms with Gasteiger partial charge in [0.2, 0.25) is 0 Å². The molecule has 0 amide bonds. The molecule has 3 unspecified atom stereocenters. The molecule has 4 aliphatic rings. The normalized spacial score (nSPS) is 54.4. The standard InChI is InChI=1S/C20H28O3/c1-12-9-20-10-13(12)5-6-15(20)18(2)7-4-8-19(3,17(22)23)16(18)14(20)11-21/h11,13-16H,1,4-10H2,2-3H3,(H,22,23)/t13?,14-,15-,16?,18-,19+,20?/m0/s1. The maximum Gasteiger partial charge on any atom is 0.309 e. The smallest absolute Gasteiger partial charge is 0.309 e. The number of aldehydes is 1. The van der Waals surface area contributed by atoms with Crippen molar-refractivity contribution in [1.29, 1.82) is 0 Å². The van der Waals surface area contributed by atoms with E-state index in [1.165, 1.54) is 12.0 Å². The summed E-state index contributed by atoms with van der Waals surface area (Å²) in [6.45, 7) is 8.51. The minimum Gasteiger partial charge on any atom is -0.481 e. The van der Waals surface area contributed by atoms with Crippen LogP contribution in [-0.2, 0) is 9.59 Å². The van der Waals surface area contributed by atoms with Crippen LogP contribution in [0.25, 0.3) is 0 Å². The Kier molecular flexibility index (Phi) is 3.01. The van der Waals surface area contributed by atoms with E-state index < -0.39 is 11.4 Å². The predicted molar refractivity (Wildman–Crippen MR) is 87.8 cm³/mol. The van der Waals surface area contributed by atoms with Crippen molar-refractivity contribution in [1.82, 2.24) is 0 Å².